The van der Waals surface area contributed by atoms with Gasteiger partial charge in [-0.2, -0.15) is 0 Å². The predicted octanol–water partition coefficient (Wildman–Crippen LogP) is 2.23. The number of phenolic OH excluding ortho intramolecular Hbond substituents is 1. The van der Waals surface area contributed by atoms with Gasteiger partial charge in [-0.1, -0.05) is 12.1 Å². The lowest BCUT2D eigenvalue weighted by Crippen LogP contribution is -2.28. The average molecular weight is 248 g/mol. The molecule has 1 aliphatic rings. The zero-order valence-corrected chi connectivity index (χ0v) is 11.7. The molecule has 0 bridgehead atoms. The highest BCUT2D eigenvalue weighted by Gasteiger charge is 2.17. The van der Waals surface area contributed by atoms with E-state index in [0.717, 1.165) is 30.8 Å². The molecule has 0 spiro atoms. The third-order valence-electron chi connectivity index (χ3n) is 3.66. The van der Waals surface area contributed by atoms with Crippen LogP contribution in [0.5, 0.6) is 5.75 Å². The molecule has 3 nitrogen and oxygen atoms in total. The number of nitrogens with zero attached hydrogens (tertiary/aromatic N) is 1. The zero-order valence-electron chi connectivity index (χ0n) is 11.7. The Labute approximate surface area is 110 Å². The van der Waals surface area contributed by atoms with E-state index < -0.39 is 0 Å². The Morgan fingerprint density at radius 1 is 1.39 bits per heavy atom. The van der Waals surface area contributed by atoms with Crippen molar-refractivity contribution in [3.8, 4) is 5.75 Å². The second kappa shape index (κ2) is 5.72. The van der Waals surface area contributed by atoms with Crippen LogP contribution in [0.25, 0.3) is 0 Å². The molecule has 18 heavy (non-hydrogen) atoms. The fourth-order valence-electron chi connectivity index (χ4n) is 2.72. The summed E-state index contributed by atoms with van der Waals surface area (Å²) < 4.78 is 0. The maximum Gasteiger partial charge on any atom is 0.122 e. The average Bonchev–Trinajstić information content (AvgIpc) is 2.35. The SMILES string of the molecule is Cc1cc(C2CCCNC2)cc(CN(C)C)c1O. The van der Waals surface area contributed by atoms with E-state index >= 15 is 0 Å². The van der Waals surface area contributed by atoms with Crippen molar-refractivity contribution in [2.75, 3.05) is 27.2 Å². The van der Waals surface area contributed by atoms with Crippen LogP contribution >= 0.6 is 0 Å². The molecule has 1 heterocycles. The summed E-state index contributed by atoms with van der Waals surface area (Å²) in [5, 5.41) is 13.6. The van der Waals surface area contributed by atoms with E-state index in [0.29, 0.717) is 11.7 Å². The van der Waals surface area contributed by atoms with Gasteiger partial charge in [0.05, 0.1) is 0 Å². The van der Waals surface area contributed by atoms with E-state index in [1.807, 2.05) is 21.0 Å². The summed E-state index contributed by atoms with van der Waals surface area (Å²) in [7, 11) is 4.06. The Kier molecular flexibility index (Phi) is 4.25. The van der Waals surface area contributed by atoms with E-state index in [-0.39, 0.29) is 0 Å². The number of nitrogens with one attached hydrogen (secondary N) is 1. The van der Waals surface area contributed by atoms with Gasteiger partial charge in [-0.05, 0) is 57.5 Å². The molecule has 1 saturated heterocycles. The van der Waals surface area contributed by atoms with Crippen molar-refractivity contribution in [2.45, 2.75) is 32.2 Å². The molecule has 0 radical (unpaired) electrons. The van der Waals surface area contributed by atoms with Crippen LogP contribution in [0.3, 0.4) is 0 Å². The highest BCUT2D eigenvalue weighted by molar-refractivity contribution is 5.44. The fraction of sp³-hybridized carbons (Fsp3) is 0.600. The molecule has 0 aromatic heterocycles. The molecule has 0 amide bonds. The minimum Gasteiger partial charge on any atom is -0.507 e. The molecule has 1 aromatic rings. The monoisotopic (exact) mass is 248 g/mol. The van der Waals surface area contributed by atoms with Crippen LogP contribution in [0.4, 0.5) is 0 Å². The van der Waals surface area contributed by atoms with Crippen LogP contribution in [-0.2, 0) is 6.54 Å². The highest BCUT2D eigenvalue weighted by Crippen LogP contribution is 2.31. The van der Waals surface area contributed by atoms with Gasteiger partial charge in [0.1, 0.15) is 5.75 Å². The van der Waals surface area contributed by atoms with Gasteiger partial charge < -0.3 is 15.3 Å². The summed E-state index contributed by atoms with van der Waals surface area (Å²) in [6, 6.07) is 4.33. The van der Waals surface area contributed by atoms with Crippen LogP contribution in [-0.4, -0.2) is 37.2 Å². The summed E-state index contributed by atoms with van der Waals surface area (Å²) in [6.45, 7) is 4.98. The van der Waals surface area contributed by atoms with E-state index in [2.05, 4.69) is 22.3 Å². The third kappa shape index (κ3) is 3.03. The van der Waals surface area contributed by atoms with E-state index in [1.165, 1.54) is 18.4 Å². The summed E-state index contributed by atoms with van der Waals surface area (Å²) in [4.78, 5) is 2.09. The number of hydrogen-bond acceptors (Lipinski definition) is 3. The quantitative estimate of drug-likeness (QED) is 0.861. The lowest BCUT2D eigenvalue weighted by Gasteiger charge is -2.25. The second-order valence-corrected chi connectivity index (χ2v) is 5.63. The Morgan fingerprint density at radius 2 is 2.17 bits per heavy atom. The summed E-state index contributed by atoms with van der Waals surface area (Å²) in [6.07, 6.45) is 2.49. The maximum absolute atomic E-state index is 10.1. The molecule has 0 saturated carbocycles. The largest absolute Gasteiger partial charge is 0.507 e. The van der Waals surface area contributed by atoms with Crippen LogP contribution in [0.15, 0.2) is 12.1 Å². The van der Waals surface area contributed by atoms with Crippen molar-refractivity contribution in [3.63, 3.8) is 0 Å². The summed E-state index contributed by atoms with van der Waals surface area (Å²) in [5.41, 5.74) is 3.41. The Morgan fingerprint density at radius 3 is 2.78 bits per heavy atom. The van der Waals surface area contributed by atoms with Crippen molar-refractivity contribution in [1.29, 1.82) is 0 Å². The topological polar surface area (TPSA) is 35.5 Å². The Balaban J connectivity index is 2.27. The van der Waals surface area contributed by atoms with Gasteiger partial charge in [0.2, 0.25) is 0 Å². The lowest BCUT2D eigenvalue weighted by atomic mass is 9.89. The second-order valence-electron chi connectivity index (χ2n) is 5.63. The highest BCUT2D eigenvalue weighted by atomic mass is 16.3. The first-order chi connectivity index (χ1) is 8.58. The van der Waals surface area contributed by atoms with Crippen molar-refractivity contribution >= 4 is 0 Å². The molecule has 0 aliphatic carbocycles. The number of hydrogen-bond donors (Lipinski definition) is 2. The molecular formula is C15H24N2O. The number of benzene rings is 1. The molecular weight excluding hydrogens is 224 g/mol. The van der Waals surface area contributed by atoms with Gasteiger partial charge in [-0.15, -0.1) is 0 Å². The Hall–Kier alpha value is -1.06. The maximum atomic E-state index is 10.1. The van der Waals surface area contributed by atoms with Gasteiger partial charge in [0.15, 0.2) is 0 Å². The number of piperidine rings is 1. The molecule has 2 rings (SSSR count). The standard InChI is InChI=1S/C15H24N2O/c1-11-7-13(12-5-4-6-16-9-12)8-14(15(11)18)10-17(2)3/h7-8,12,16,18H,4-6,9-10H2,1-3H3. The third-order valence-corrected chi connectivity index (χ3v) is 3.66. The number of rotatable bonds is 3. The fourth-order valence-corrected chi connectivity index (χ4v) is 2.72. The van der Waals surface area contributed by atoms with Crippen molar-refractivity contribution in [2.24, 2.45) is 0 Å². The van der Waals surface area contributed by atoms with Crippen molar-refractivity contribution in [3.05, 3.63) is 28.8 Å². The van der Waals surface area contributed by atoms with Gasteiger partial charge in [0.25, 0.3) is 0 Å². The number of aromatic hydroxyl groups is 1. The van der Waals surface area contributed by atoms with Crippen LogP contribution < -0.4 is 5.32 Å². The van der Waals surface area contributed by atoms with E-state index in [9.17, 15) is 5.11 Å². The minimum atomic E-state index is 0.455. The molecule has 2 N–H and O–H groups in total. The molecule has 1 aromatic carbocycles. The van der Waals surface area contributed by atoms with Crippen LogP contribution in [0, 0.1) is 6.92 Å². The van der Waals surface area contributed by atoms with Crippen LogP contribution in [0.1, 0.15) is 35.4 Å². The van der Waals surface area contributed by atoms with Crippen molar-refractivity contribution < 1.29 is 5.11 Å². The number of aryl methyl sites for hydroxylation is 1. The van der Waals surface area contributed by atoms with E-state index in [1.54, 1.807) is 0 Å². The van der Waals surface area contributed by atoms with Gasteiger partial charge >= 0.3 is 0 Å². The molecule has 3 heteroatoms. The summed E-state index contributed by atoms with van der Waals surface area (Å²) in [5.74, 6) is 1.05. The molecule has 1 aliphatic heterocycles. The molecule has 1 atom stereocenters. The lowest BCUT2D eigenvalue weighted by molar-refractivity contribution is 0.383. The van der Waals surface area contributed by atoms with Gasteiger partial charge in [-0.3, -0.25) is 0 Å². The molecule has 1 fully saturated rings. The zero-order chi connectivity index (χ0) is 13.1. The smallest absolute Gasteiger partial charge is 0.122 e. The predicted molar refractivity (Wildman–Crippen MR) is 75.1 cm³/mol. The Bertz CT molecular complexity index is 409. The first-order valence-corrected chi connectivity index (χ1v) is 6.75. The number of phenols is 1. The normalized spacial score (nSPS) is 20.3. The first kappa shape index (κ1) is 13.4. The first-order valence-electron chi connectivity index (χ1n) is 6.75. The van der Waals surface area contributed by atoms with E-state index in [4.69, 9.17) is 0 Å². The molecule has 100 valence electrons. The van der Waals surface area contributed by atoms with Gasteiger partial charge in [0, 0.05) is 18.7 Å². The van der Waals surface area contributed by atoms with Crippen molar-refractivity contribution in [1.82, 2.24) is 10.2 Å². The van der Waals surface area contributed by atoms with Crippen LogP contribution in [0.2, 0.25) is 0 Å². The van der Waals surface area contributed by atoms with Gasteiger partial charge in [-0.25, -0.2) is 0 Å². The summed E-state index contributed by atoms with van der Waals surface area (Å²) >= 11 is 0. The minimum absolute atomic E-state index is 0.455. The molecule has 1 unspecified atom stereocenters.